The third-order valence-electron chi connectivity index (χ3n) is 1.82. The Kier molecular flexibility index (Phi) is 4.83. The highest BCUT2D eigenvalue weighted by Gasteiger charge is 2.11. The number of rotatable bonds is 5. The smallest absolute Gasteiger partial charge is 0.143 e. The second-order valence-electron chi connectivity index (χ2n) is 5.05. The Morgan fingerprint density at radius 2 is 1.88 bits per heavy atom. The maximum absolute atomic E-state index is 5.47. The minimum atomic E-state index is 0.111. The van der Waals surface area contributed by atoms with Crippen molar-refractivity contribution in [3.05, 3.63) is 10.0 Å². The van der Waals surface area contributed by atoms with Crippen LogP contribution < -0.4 is 5.32 Å². The van der Waals surface area contributed by atoms with Crippen molar-refractivity contribution in [2.75, 3.05) is 0 Å². The lowest BCUT2D eigenvalue weighted by molar-refractivity contribution is 0.0652. The topological polar surface area (TPSA) is 47.0 Å². The SMILES string of the molecule is CC(C)OCc1nnc(CNC(C)(C)C)s1. The molecule has 0 aliphatic carbocycles. The number of aromatic nitrogens is 2. The first-order valence-electron chi connectivity index (χ1n) is 5.55. The molecule has 4 nitrogen and oxygen atoms in total. The quantitative estimate of drug-likeness (QED) is 0.862. The fourth-order valence-electron chi connectivity index (χ4n) is 0.997. The Balaban J connectivity index is 2.39. The van der Waals surface area contributed by atoms with E-state index >= 15 is 0 Å². The molecule has 0 fully saturated rings. The fraction of sp³-hybridized carbons (Fsp3) is 0.818. The Morgan fingerprint density at radius 3 is 2.44 bits per heavy atom. The molecule has 1 N–H and O–H groups in total. The number of nitrogens with zero attached hydrogens (tertiary/aromatic N) is 2. The summed E-state index contributed by atoms with van der Waals surface area (Å²) >= 11 is 1.61. The first kappa shape index (κ1) is 13.5. The van der Waals surface area contributed by atoms with Gasteiger partial charge in [0.25, 0.3) is 0 Å². The molecule has 1 aromatic rings. The number of hydrogen-bond acceptors (Lipinski definition) is 5. The van der Waals surface area contributed by atoms with Gasteiger partial charge in [0.05, 0.1) is 12.6 Å². The van der Waals surface area contributed by atoms with E-state index in [-0.39, 0.29) is 11.6 Å². The van der Waals surface area contributed by atoms with E-state index in [9.17, 15) is 0 Å². The van der Waals surface area contributed by atoms with Gasteiger partial charge in [-0.25, -0.2) is 0 Å². The minimum absolute atomic E-state index is 0.111. The van der Waals surface area contributed by atoms with Crippen LogP contribution in [0.25, 0.3) is 0 Å². The number of ether oxygens (including phenoxy) is 1. The minimum Gasteiger partial charge on any atom is -0.372 e. The van der Waals surface area contributed by atoms with E-state index in [2.05, 4.69) is 36.3 Å². The summed E-state index contributed by atoms with van der Waals surface area (Å²) < 4.78 is 5.47. The van der Waals surface area contributed by atoms with E-state index in [1.165, 1.54) is 0 Å². The zero-order valence-electron chi connectivity index (χ0n) is 10.7. The number of nitrogens with one attached hydrogen (secondary N) is 1. The van der Waals surface area contributed by atoms with Crippen LogP contribution in [0.2, 0.25) is 0 Å². The van der Waals surface area contributed by atoms with E-state index in [1.54, 1.807) is 11.3 Å². The van der Waals surface area contributed by atoms with E-state index < -0.39 is 0 Å². The largest absolute Gasteiger partial charge is 0.372 e. The molecule has 1 rings (SSSR count). The molecule has 0 atom stereocenters. The molecule has 0 aromatic carbocycles. The maximum atomic E-state index is 5.47. The van der Waals surface area contributed by atoms with Gasteiger partial charge < -0.3 is 10.1 Å². The maximum Gasteiger partial charge on any atom is 0.143 e. The zero-order valence-corrected chi connectivity index (χ0v) is 11.5. The molecular weight excluding hydrogens is 222 g/mol. The molecule has 0 aliphatic heterocycles. The van der Waals surface area contributed by atoms with Crippen molar-refractivity contribution in [3.63, 3.8) is 0 Å². The molecule has 92 valence electrons. The van der Waals surface area contributed by atoms with Gasteiger partial charge in [0.1, 0.15) is 16.6 Å². The summed E-state index contributed by atoms with van der Waals surface area (Å²) in [6.07, 6.45) is 0.236. The van der Waals surface area contributed by atoms with Crippen molar-refractivity contribution in [1.82, 2.24) is 15.5 Å². The van der Waals surface area contributed by atoms with Crippen LogP contribution in [0.15, 0.2) is 0 Å². The molecule has 0 saturated heterocycles. The molecule has 16 heavy (non-hydrogen) atoms. The van der Waals surface area contributed by atoms with E-state index in [0.29, 0.717) is 6.61 Å². The molecule has 0 saturated carbocycles. The van der Waals surface area contributed by atoms with Crippen LogP contribution in [-0.4, -0.2) is 21.8 Å². The first-order valence-corrected chi connectivity index (χ1v) is 6.36. The van der Waals surface area contributed by atoms with E-state index in [0.717, 1.165) is 16.6 Å². The average molecular weight is 243 g/mol. The first-order chi connectivity index (χ1) is 7.37. The van der Waals surface area contributed by atoms with E-state index in [1.807, 2.05) is 13.8 Å². The van der Waals surface area contributed by atoms with Crippen LogP contribution in [0.4, 0.5) is 0 Å². The highest BCUT2D eigenvalue weighted by molar-refractivity contribution is 7.11. The van der Waals surface area contributed by atoms with Crippen LogP contribution in [0.5, 0.6) is 0 Å². The van der Waals surface area contributed by atoms with Crippen molar-refractivity contribution in [2.45, 2.75) is 59.4 Å². The lowest BCUT2D eigenvalue weighted by Crippen LogP contribution is -2.35. The van der Waals surface area contributed by atoms with Gasteiger partial charge in [-0.05, 0) is 34.6 Å². The van der Waals surface area contributed by atoms with Crippen LogP contribution in [0.1, 0.15) is 44.6 Å². The fourth-order valence-corrected chi connectivity index (χ4v) is 1.70. The van der Waals surface area contributed by atoms with Crippen molar-refractivity contribution in [1.29, 1.82) is 0 Å². The summed E-state index contributed by atoms with van der Waals surface area (Å²) in [5.41, 5.74) is 0.111. The Bertz CT molecular complexity index is 317. The zero-order chi connectivity index (χ0) is 12.2. The normalized spacial score (nSPS) is 12.4. The Hall–Kier alpha value is -0.520. The second kappa shape index (κ2) is 5.70. The molecule has 0 amide bonds. The monoisotopic (exact) mass is 243 g/mol. The standard InChI is InChI=1S/C11H21N3OS/c1-8(2)15-7-10-14-13-9(16-10)6-12-11(3,4)5/h8,12H,6-7H2,1-5H3. The molecule has 0 unspecified atom stereocenters. The summed E-state index contributed by atoms with van der Waals surface area (Å²) in [7, 11) is 0. The Morgan fingerprint density at radius 1 is 1.25 bits per heavy atom. The van der Waals surface area contributed by atoms with Crippen molar-refractivity contribution >= 4 is 11.3 Å². The predicted molar refractivity (Wildman–Crippen MR) is 66.4 cm³/mol. The van der Waals surface area contributed by atoms with Gasteiger partial charge in [-0.15, -0.1) is 10.2 Å². The van der Waals surface area contributed by atoms with Gasteiger partial charge >= 0.3 is 0 Å². The van der Waals surface area contributed by atoms with Crippen LogP contribution in [0, 0.1) is 0 Å². The average Bonchev–Trinajstić information content (AvgIpc) is 2.58. The molecule has 0 bridgehead atoms. The van der Waals surface area contributed by atoms with Gasteiger partial charge in [-0.2, -0.15) is 0 Å². The van der Waals surface area contributed by atoms with E-state index in [4.69, 9.17) is 4.74 Å². The van der Waals surface area contributed by atoms with Gasteiger partial charge in [-0.1, -0.05) is 11.3 Å². The summed E-state index contributed by atoms with van der Waals surface area (Å²) in [5.74, 6) is 0. The molecule has 0 spiro atoms. The van der Waals surface area contributed by atoms with Crippen LogP contribution >= 0.6 is 11.3 Å². The summed E-state index contributed by atoms with van der Waals surface area (Å²) in [6, 6.07) is 0. The number of hydrogen-bond donors (Lipinski definition) is 1. The Labute approximate surface area is 101 Å². The lowest BCUT2D eigenvalue weighted by atomic mass is 10.1. The van der Waals surface area contributed by atoms with Gasteiger partial charge in [-0.3, -0.25) is 0 Å². The third-order valence-corrected chi connectivity index (χ3v) is 2.72. The third kappa shape index (κ3) is 5.53. The summed E-state index contributed by atoms with van der Waals surface area (Å²) in [4.78, 5) is 0. The molecule has 0 radical (unpaired) electrons. The van der Waals surface area contributed by atoms with Gasteiger partial charge in [0.2, 0.25) is 0 Å². The van der Waals surface area contributed by atoms with Crippen molar-refractivity contribution in [2.24, 2.45) is 0 Å². The highest BCUT2D eigenvalue weighted by Crippen LogP contribution is 2.12. The molecule has 5 heteroatoms. The van der Waals surface area contributed by atoms with Crippen LogP contribution in [-0.2, 0) is 17.9 Å². The van der Waals surface area contributed by atoms with Gasteiger partial charge in [0.15, 0.2) is 0 Å². The molecule has 1 aromatic heterocycles. The van der Waals surface area contributed by atoms with Gasteiger partial charge in [0, 0.05) is 5.54 Å². The molecule has 1 heterocycles. The van der Waals surface area contributed by atoms with Crippen molar-refractivity contribution < 1.29 is 4.74 Å². The van der Waals surface area contributed by atoms with Crippen LogP contribution in [0.3, 0.4) is 0 Å². The summed E-state index contributed by atoms with van der Waals surface area (Å²) in [5, 5.41) is 13.6. The molecular formula is C11H21N3OS. The predicted octanol–water partition coefficient (Wildman–Crippen LogP) is 2.35. The van der Waals surface area contributed by atoms with Crippen molar-refractivity contribution in [3.8, 4) is 0 Å². The summed E-state index contributed by atoms with van der Waals surface area (Å²) in [6.45, 7) is 11.8. The molecule has 0 aliphatic rings. The second-order valence-corrected chi connectivity index (χ2v) is 6.20. The highest BCUT2D eigenvalue weighted by atomic mass is 32.1. The lowest BCUT2D eigenvalue weighted by Gasteiger charge is -2.19.